The SMILES string of the molecule is CC(Oc1c(-c2ccc(Cl)cc2)oc2ccccc2c1=O)C(=O)N1CCOCC1. The number of carbonyl (C=O) groups is 1. The summed E-state index contributed by atoms with van der Waals surface area (Å²) in [5.74, 6) is 0.0926. The molecule has 1 unspecified atom stereocenters. The normalized spacial score (nSPS) is 15.3. The summed E-state index contributed by atoms with van der Waals surface area (Å²) < 4.78 is 17.2. The number of halogens is 1. The smallest absolute Gasteiger partial charge is 0.263 e. The predicted octanol–water partition coefficient (Wildman–Crippen LogP) is 3.74. The monoisotopic (exact) mass is 413 g/mol. The number of para-hydroxylation sites is 1. The zero-order valence-corrected chi connectivity index (χ0v) is 16.6. The number of amides is 1. The van der Waals surface area contributed by atoms with Crippen molar-refractivity contribution in [1.82, 2.24) is 4.90 Å². The van der Waals surface area contributed by atoms with E-state index in [4.69, 9.17) is 25.5 Å². The van der Waals surface area contributed by atoms with E-state index in [2.05, 4.69) is 0 Å². The largest absolute Gasteiger partial charge is 0.473 e. The van der Waals surface area contributed by atoms with E-state index in [-0.39, 0.29) is 22.8 Å². The summed E-state index contributed by atoms with van der Waals surface area (Å²) in [7, 11) is 0. The number of hydrogen-bond donors (Lipinski definition) is 0. The average molecular weight is 414 g/mol. The van der Waals surface area contributed by atoms with Crippen LogP contribution in [-0.4, -0.2) is 43.2 Å². The van der Waals surface area contributed by atoms with Crippen molar-refractivity contribution in [2.45, 2.75) is 13.0 Å². The summed E-state index contributed by atoms with van der Waals surface area (Å²) >= 11 is 5.99. The first-order valence-electron chi connectivity index (χ1n) is 9.39. The van der Waals surface area contributed by atoms with Crippen molar-refractivity contribution >= 4 is 28.5 Å². The molecule has 0 aliphatic carbocycles. The summed E-state index contributed by atoms with van der Waals surface area (Å²) in [6, 6.07) is 13.9. The average Bonchev–Trinajstić information content (AvgIpc) is 2.76. The van der Waals surface area contributed by atoms with Gasteiger partial charge >= 0.3 is 0 Å². The van der Waals surface area contributed by atoms with Crippen molar-refractivity contribution in [2.75, 3.05) is 26.3 Å². The van der Waals surface area contributed by atoms with Gasteiger partial charge in [-0.2, -0.15) is 0 Å². The van der Waals surface area contributed by atoms with Crippen LogP contribution in [0.5, 0.6) is 5.75 Å². The minimum absolute atomic E-state index is 0.0140. The van der Waals surface area contributed by atoms with Crippen LogP contribution < -0.4 is 10.2 Å². The van der Waals surface area contributed by atoms with E-state index in [1.165, 1.54) is 0 Å². The molecule has 1 aliphatic rings. The molecule has 3 aromatic rings. The van der Waals surface area contributed by atoms with Crippen LogP contribution in [0.3, 0.4) is 0 Å². The lowest BCUT2D eigenvalue weighted by atomic mass is 10.1. The minimum Gasteiger partial charge on any atom is -0.473 e. The van der Waals surface area contributed by atoms with Gasteiger partial charge in [0, 0.05) is 23.7 Å². The van der Waals surface area contributed by atoms with E-state index < -0.39 is 6.10 Å². The molecule has 150 valence electrons. The van der Waals surface area contributed by atoms with Gasteiger partial charge in [0.1, 0.15) is 5.58 Å². The molecule has 1 aliphatic heterocycles. The third-order valence-corrected chi connectivity index (χ3v) is 5.08. The number of fused-ring (bicyclic) bond motifs is 1. The van der Waals surface area contributed by atoms with Crippen molar-refractivity contribution in [3.8, 4) is 17.1 Å². The van der Waals surface area contributed by atoms with Crippen molar-refractivity contribution in [1.29, 1.82) is 0 Å². The lowest BCUT2D eigenvalue weighted by Gasteiger charge is -2.29. The van der Waals surface area contributed by atoms with Crippen molar-refractivity contribution in [2.24, 2.45) is 0 Å². The van der Waals surface area contributed by atoms with Crippen LogP contribution in [0.1, 0.15) is 6.92 Å². The Labute approximate surface area is 172 Å². The molecule has 1 aromatic heterocycles. The summed E-state index contributed by atoms with van der Waals surface area (Å²) in [5, 5.41) is 0.960. The van der Waals surface area contributed by atoms with E-state index in [0.29, 0.717) is 47.9 Å². The first kappa shape index (κ1) is 19.5. The van der Waals surface area contributed by atoms with Crippen LogP contribution in [0.25, 0.3) is 22.3 Å². The van der Waals surface area contributed by atoms with Gasteiger partial charge in [-0.1, -0.05) is 23.7 Å². The molecule has 4 rings (SSSR count). The maximum Gasteiger partial charge on any atom is 0.263 e. The Morgan fingerprint density at radius 1 is 1.10 bits per heavy atom. The van der Waals surface area contributed by atoms with Gasteiger partial charge < -0.3 is 18.8 Å². The Balaban J connectivity index is 1.76. The van der Waals surface area contributed by atoms with Gasteiger partial charge in [0.05, 0.1) is 18.6 Å². The number of benzene rings is 2. The number of hydrogen-bond acceptors (Lipinski definition) is 5. The molecule has 0 N–H and O–H groups in total. The molecule has 29 heavy (non-hydrogen) atoms. The zero-order chi connectivity index (χ0) is 20.4. The number of carbonyl (C=O) groups excluding carboxylic acids is 1. The Kier molecular flexibility index (Phi) is 5.56. The van der Waals surface area contributed by atoms with Crippen molar-refractivity contribution in [3.63, 3.8) is 0 Å². The second-order valence-electron chi connectivity index (χ2n) is 6.79. The van der Waals surface area contributed by atoms with Crippen LogP contribution in [0.15, 0.2) is 57.7 Å². The van der Waals surface area contributed by atoms with Gasteiger partial charge in [0.15, 0.2) is 11.9 Å². The van der Waals surface area contributed by atoms with Gasteiger partial charge in [-0.05, 0) is 43.3 Å². The van der Waals surface area contributed by atoms with Crippen LogP contribution >= 0.6 is 11.6 Å². The fraction of sp³-hybridized carbons (Fsp3) is 0.273. The predicted molar refractivity (Wildman–Crippen MR) is 110 cm³/mol. The number of morpholine rings is 1. The van der Waals surface area contributed by atoms with E-state index in [0.717, 1.165) is 0 Å². The second-order valence-corrected chi connectivity index (χ2v) is 7.23. The second kappa shape index (κ2) is 8.27. The van der Waals surface area contributed by atoms with E-state index >= 15 is 0 Å². The maximum absolute atomic E-state index is 13.2. The molecule has 1 atom stereocenters. The zero-order valence-electron chi connectivity index (χ0n) is 15.9. The number of nitrogens with zero attached hydrogens (tertiary/aromatic N) is 1. The Bertz CT molecular complexity index is 1090. The lowest BCUT2D eigenvalue weighted by molar-refractivity contribution is -0.142. The fourth-order valence-corrected chi connectivity index (χ4v) is 3.42. The Hall–Kier alpha value is -2.83. The molecule has 1 fully saturated rings. The molecule has 0 bridgehead atoms. The highest BCUT2D eigenvalue weighted by molar-refractivity contribution is 6.30. The molecule has 0 spiro atoms. The quantitative estimate of drug-likeness (QED) is 0.651. The molecular formula is C22H20ClNO5. The summed E-state index contributed by atoms with van der Waals surface area (Å²) in [5.41, 5.74) is 0.763. The van der Waals surface area contributed by atoms with Crippen LogP contribution in [0.4, 0.5) is 0 Å². The van der Waals surface area contributed by atoms with Crippen molar-refractivity contribution < 1.29 is 18.7 Å². The number of rotatable bonds is 4. The highest BCUT2D eigenvalue weighted by Crippen LogP contribution is 2.32. The lowest BCUT2D eigenvalue weighted by Crippen LogP contribution is -2.46. The molecule has 2 heterocycles. The molecule has 1 amide bonds. The standard InChI is InChI=1S/C22H20ClNO5/c1-14(22(26)24-10-12-27-13-11-24)28-21-19(25)17-4-2-3-5-18(17)29-20(21)15-6-8-16(23)9-7-15/h2-9,14H,10-13H2,1H3. The molecule has 2 aromatic carbocycles. The van der Waals surface area contributed by atoms with Gasteiger partial charge in [-0.3, -0.25) is 9.59 Å². The molecule has 0 radical (unpaired) electrons. The van der Waals surface area contributed by atoms with Gasteiger partial charge in [-0.15, -0.1) is 0 Å². The molecule has 0 saturated carbocycles. The summed E-state index contributed by atoms with van der Waals surface area (Å²) in [6.07, 6.45) is -0.844. The van der Waals surface area contributed by atoms with Crippen LogP contribution in [0, 0.1) is 0 Å². The van der Waals surface area contributed by atoms with Gasteiger partial charge in [0.25, 0.3) is 5.91 Å². The highest BCUT2D eigenvalue weighted by atomic mass is 35.5. The Morgan fingerprint density at radius 2 is 1.79 bits per heavy atom. The van der Waals surface area contributed by atoms with Crippen molar-refractivity contribution in [3.05, 3.63) is 63.8 Å². The Morgan fingerprint density at radius 3 is 2.52 bits per heavy atom. The topological polar surface area (TPSA) is 69.0 Å². The highest BCUT2D eigenvalue weighted by Gasteiger charge is 2.27. The van der Waals surface area contributed by atoms with Gasteiger partial charge in [0.2, 0.25) is 11.2 Å². The van der Waals surface area contributed by atoms with E-state index in [1.54, 1.807) is 60.4 Å². The molecule has 7 heteroatoms. The van der Waals surface area contributed by atoms with E-state index in [1.807, 2.05) is 0 Å². The third kappa shape index (κ3) is 3.99. The van der Waals surface area contributed by atoms with E-state index in [9.17, 15) is 9.59 Å². The first-order chi connectivity index (χ1) is 14.0. The fourth-order valence-electron chi connectivity index (χ4n) is 3.29. The summed E-state index contributed by atoms with van der Waals surface area (Å²) in [4.78, 5) is 27.6. The van der Waals surface area contributed by atoms with Gasteiger partial charge in [-0.25, -0.2) is 0 Å². The van der Waals surface area contributed by atoms with Crippen LogP contribution in [0.2, 0.25) is 5.02 Å². The van der Waals surface area contributed by atoms with Crippen LogP contribution in [-0.2, 0) is 9.53 Å². The molecular weight excluding hydrogens is 394 g/mol. The maximum atomic E-state index is 13.2. The molecule has 1 saturated heterocycles. The molecule has 6 nitrogen and oxygen atoms in total. The number of ether oxygens (including phenoxy) is 2. The summed E-state index contributed by atoms with van der Waals surface area (Å²) in [6.45, 7) is 3.63. The first-order valence-corrected chi connectivity index (χ1v) is 9.77. The minimum atomic E-state index is -0.844. The third-order valence-electron chi connectivity index (χ3n) is 4.83.